The topological polar surface area (TPSA) is 119 Å². The van der Waals surface area contributed by atoms with Gasteiger partial charge in [-0.1, -0.05) is 72.8 Å². The van der Waals surface area contributed by atoms with Crippen LogP contribution >= 0.6 is 0 Å². The first-order chi connectivity index (χ1) is 15.5. The third-order valence-electron chi connectivity index (χ3n) is 4.77. The number of amides is 1. The van der Waals surface area contributed by atoms with Crippen LogP contribution in [-0.2, 0) is 20.7 Å². The third kappa shape index (κ3) is 5.99. The molecule has 1 amide bonds. The Morgan fingerprint density at radius 1 is 0.906 bits per heavy atom. The Balaban J connectivity index is 1.65. The molecule has 0 aliphatic heterocycles. The number of esters is 1. The molecular formula is C24H22N2O6. The van der Waals surface area contributed by atoms with E-state index in [0.717, 1.165) is 5.56 Å². The van der Waals surface area contributed by atoms with Gasteiger partial charge in [-0.25, -0.2) is 4.79 Å². The molecule has 0 saturated carbocycles. The monoisotopic (exact) mass is 434 g/mol. The van der Waals surface area contributed by atoms with E-state index >= 15 is 0 Å². The molecule has 0 fully saturated rings. The number of aliphatic hydroxyl groups excluding tert-OH is 1. The lowest BCUT2D eigenvalue weighted by Crippen LogP contribution is -2.34. The second kappa shape index (κ2) is 10.8. The molecule has 0 heterocycles. The van der Waals surface area contributed by atoms with Crippen molar-refractivity contribution in [2.75, 3.05) is 6.54 Å². The summed E-state index contributed by atoms with van der Waals surface area (Å²) in [5.41, 5.74) is 1.63. The van der Waals surface area contributed by atoms with Crippen molar-refractivity contribution in [3.63, 3.8) is 0 Å². The molecule has 0 saturated heterocycles. The van der Waals surface area contributed by atoms with Gasteiger partial charge in [0.05, 0.1) is 4.92 Å². The Morgan fingerprint density at radius 3 is 2.03 bits per heavy atom. The predicted molar refractivity (Wildman–Crippen MR) is 116 cm³/mol. The van der Waals surface area contributed by atoms with Gasteiger partial charge in [0.1, 0.15) is 0 Å². The van der Waals surface area contributed by atoms with E-state index in [9.17, 15) is 24.8 Å². The van der Waals surface area contributed by atoms with E-state index in [-0.39, 0.29) is 12.2 Å². The van der Waals surface area contributed by atoms with Gasteiger partial charge >= 0.3 is 5.97 Å². The Hall–Kier alpha value is -4.04. The van der Waals surface area contributed by atoms with Crippen molar-refractivity contribution in [1.29, 1.82) is 0 Å². The van der Waals surface area contributed by atoms with Crippen LogP contribution in [0.15, 0.2) is 84.9 Å². The van der Waals surface area contributed by atoms with Crippen LogP contribution in [0.3, 0.4) is 0 Å². The molecule has 8 heteroatoms. The van der Waals surface area contributed by atoms with Crippen LogP contribution in [0.5, 0.6) is 0 Å². The fourth-order valence-corrected chi connectivity index (χ4v) is 3.06. The molecule has 2 N–H and O–H groups in total. The van der Waals surface area contributed by atoms with Gasteiger partial charge in [0.25, 0.3) is 11.6 Å². The SMILES string of the molecule is O=C(O[C@@H](C(=O)NCCc1ccc([N+](=O)[O-])cc1)c1ccccc1)[C@H](O)c1ccccc1. The van der Waals surface area contributed by atoms with Crippen molar-refractivity contribution >= 4 is 17.6 Å². The number of nitrogens with zero attached hydrogens (tertiary/aromatic N) is 1. The Labute approximate surface area is 184 Å². The van der Waals surface area contributed by atoms with E-state index in [1.54, 1.807) is 72.8 Å². The number of hydrogen-bond donors (Lipinski definition) is 2. The fourth-order valence-electron chi connectivity index (χ4n) is 3.06. The lowest BCUT2D eigenvalue weighted by molar-refractivity contribution is -0.384. The zero-order valence-electron chi connectivity index (χ0n) is 17.1. The molecule has 0 bridgehead atoms. The van der Waals surface area contributed by atoms with Gasteiger partial charge in [-0.3, -0.25) is 14.9 Å². The van der Waals surface area contributed by atoms with Gasteiger partial charge in [0, 0.05) is 24.2 Å². The van der Waals surface area contributed by atoms with E-state index in [1.165, 1.54) is 12.1 Å². The maximum Gasteiger partial charge on any atom is 0.340 e. The minimum atomic E-state index is -1.52. The van der Waals surface area contributed by atoms with Crippen molar-refractivity contribution in [2.24, 2.45) is 0 Å². The van der Waals surface area contributed by atoms with Crippen LogP contribution in [0.1, 0.15) is 28.9 Å². The molecule has 0 aliphatic rings. The standard InChI is InChI=1S/C24H22N2O6/c27-21(18-7-3-1-4-8-18)24(29)32-22(19-9-5-2-6-10-19)23(28)25-16-15-17-11-13-20(14-12-17)26(30)31/h1-14,21-22,27H,15-16H2,(H,25,28)/t21-,22-/m1/s1. The summed E-state index contributed by atoms with van der Waals surface area (Å²) in [5, 5.41) is 23.8. The second-order valence-electron chi connectivity index (χ2n) is 7.01. The average Bonchev–Trinajstić information content (AvgIpc) is 2.83. The van der Waals surface area contributed by atoms with Gasteiger partial charge in [0.2, 0.25) is 6.10 Å². The maximum atomic E-state index is 12.8. The van der Waals surface area contributed by atoms with Crippen molar-refractivity contribution in [1.82, 2.24) is 5.32 Å². The highest BCUT2D eigenvalue weighted by molar-refractivity contribution is 5.86. The van der Waals surface area contributed by atoms with Crippen molar-refractivity contribution in [3.05, 3.63) is 112 Å². The number of carbonyl (C=O) groups excluding carboxylic acids is 2. The van der Waals surface area contributed by atoms with Gasteiger partial charge in [-0.15, -0.1) is 0 Å². The highest BCUT2D eigenvalue weighted by Gasteiger charge is 2.28. The molecule has 8 nitrogen and oxygen atoms in total. The summed E-state index contributed by atoms with van der Waals surface area (Å²) in [5.74, 6) is -1.47. The fraction of sp³-hybridized carbons (Fsp3) is 0.167. The molecule has 3 rings (SSSR count). The van der Waals surface area contributed by atoms with Crippen LogP contribution in [0.25, 0.3) is 0 Å². The van der Waals surface area contributed by atoms with Crippen molar-refractivity contribution in [3.8, 4) is 0 Å². The van der Waals surface area contributed by atoms with E-state index in [4.69, 9.17) is 4.74 Å². The van der Waals surface area contributed by atoms with Gasteiger partial charge in [-0.2, -0.15) is 0 Å². The number of hydrogen-bond acceptors (Lipinski definition) is 6. The summed E-state index contributed by atoms with van der Waals surface area (Å²) >= 11 is 0. The van der Waals surface area contributed by atoms with Gasteiger partial charge in [0.15, 0.2) is 6.10 Å². The smallest absolute Gasteiger partial charge is 0.340 e. The zero-order chi connectivity index (χ0) is 22.9. The van der Waals surface area contributed by atoms with E-state index in [1.807, 2.05) is 0 Å². The summed E-state index contributed by atoms with van der Waals surface area (Å²) in [6, 6.07) is 22.9. The molecule has 0 aliphatic carbocycles. The van der Waals surface area contributed by atoms with Crippen LogP contribution in [-0.4, -0.2) is 28.5 Å². The number of carbonyl (C=O) groups is 2. The molecule has 32 heavy (non-hydrogen) atoms. The first-order valence-electron chi connectivity index (χ1n) is 9.95. The Morgan fingerprint density at radius 2 is 1.47 bits per heavy atom. The predicted octanol–water partition coefficient (Wildman–Crippen LogP) is 3.27. The number of nitro groups is 1. The average molecular weight is 434 g/mol. The number of nitro benzene ring substituents is 1. The summed E-state index contributed by atoms with van der Waals surface area (Å²) in [6.07, 6.45) is -2.32. The quantitative estimate of drug-likeness (QED) is 0.303. The van der Waals surface area contributed by atoms with Crippen LogP contribution in [0.4, 0.5) is 5.69 Å². The first-order valence-corrected chi connectivity index (χ1v) is 9.95. The third-order valence-corrected chi connectivity index (χ3v) is 4.77. The number of aliphatic hydroxyl groups is 1. The van der Waals surface area contributed by atoms with Crippen LogP contribution < -0.4 is 5.32 Å². The van der Waals surface area contributed by atoms with E-state index in [2.05, 4.69) is 5.32 Å². The Kier molecular flexibility index (Phi) is 7.66. The van der Waals surface area contributed by atoms with E-state index in [0.29, 0.717) is 17.5 Å². The van der Waals surface area contributed by atoms with E-state index < -0.39 is 29.0 Å². The zero-order valence-corrected chi connectivity index (χ0v) is 17.1. The number of ether oxygens (including phenoxy) is 1. The highest BCUT2D eigenvalue weighted by Crippen LogP contribution is 2.22. The Bertz CT molecular complexity index is 1050. The molecule has 0 radical (unpaired) electrons. The minimum absolute atomic E-state index is 0.00851. The van der Waals surface area contributed by atoms with Gasteiger partial charge < -0.3 is 15.2 Å². The summed E-state index contributed by atoms with van der Waals surface area (Å²) in [4.78, 5) is 35.6. The second-order valence-corrected chi connectivity index (χ2v) is 7.01. The van der Waals surface area contributed by atoms with Crippen molar-refractivity contribution in [2.45, 2.75) is 18.6 Å². The number of rotatable bonds is 9. The molecule has 0 unspecified atom stereocenters. The summed E-state index contributed by atoms with van der Waals surface area (Å²) in [7, 11) is 0. The molecule has 0 aromatic heterocycles. The largest absolute Gasteiger partial charge is 0.445 e. The number of non-ortho nitro benzene ring substituents is 1. The van der Waals surface area contributed by atoms with Gasteiger partial charge in [-0.05, 0) is 17.5 Å². The summed E-state index contributed by atoms with van der Waals surface area (Å²) < 4.78 is 5.38. The lowest BCUT2D eigenvalue weighted by atomic mass is 10.1. The van der Waals surface area contributed by atoms with Crippen LogP contribution in [0, 0.1) is 10.1 Å². The number of nitrogens with one attached hydrogen (secondary N) is 1. The first kappa shape index (κ1) is 22.6. The maximum absolute atomic E-state index is 12.8. The lowest BCUT2D eigenvalue weighted by Gasteiger charge is -2.20. The molecule has 3 aromatic carbocycles. The molecule has 2 atom stereocenters. The van der Waals surface area contributed by atoms with Crippen LogP contribution in [0.2, 0.25) is 0 Å². The minimum Gasteiger partial charge on any atom is -0.445 e. The summed E-state index contributed by atoms with van der Waals surface area (Å²) in [6.45, 7) is 0.235. The molecular weight excluding hydrogens is 412 g/mol. The molecule has 164 valence electrons. The highest BCUT2D eigenvalue weighted by atomic mass is 16.6. The number of benzene rings is 3. The molecule has 3 aromatic rings. The normalized spacial score (nSPS) is 12.4. The van der Waals surface area contributed by atoms with Crippen molar-refractivity contribution < 1.29 is 24.4 Å². The molecule has 0 spiro atoms.